The average molecular weight is 292 g/mol. The summed E-state index contributed by atoms with van der Waals surface area (Å²) < 4.78 is 5.12. The van der Waals surface area contributed by atoms with Gasteiger partial charge in [0, 0.05) is 19.8 Å². The maximum absolute atomic E-state index is 5.71. The first-order valence-corrected chi connectivity index (χ1v) is 7.85. The maximum Gasteiger partial charge on any atom is 0.0462 e. The molecule has 1 aromatic rings. The van der Waals surface area contributed by atoms with Crippen molar-refractivity contribution in [2.75, 3.05) is 13.7 Å². The lowest BCUT2D eigenvalue weighted by molar-refractivity contribution is 0.188. The molecule has 1 rings (SSSR count). The van der Waals surface area contributed by atoms with Crippen LogP contribution in [0.15, 0.2) is 12.1 Å². The molecule has 1 aromatic carbocycles. The average Bonchev–Trinajstić information content (AvgIpc) is 2.39. The number of ether oxygens (including phenoxy) is 1. The Bertz CT molecular complexity index is 426. The third-order valence-electron chi connectivity index (χ3n) is 4.15. The van der Waals surface area contributed by atoms with Crippen molar-refractivity contribution in [3.63, 3.8) is 0 Å². The van der Waals surface area contributed by atoms with Gasteiger partial charge in [-0.3, -0.25) is 11.3 Å². The lowest BCUT2D eigenvalue weighted by Gasteiger charge is -2.24. The van der Waals surface area contributed by atoms with E-state index in [0.29, 0.717) is 6.04 Å². The Labute approximate surface area is 130 Å². The van der Waals surface area contributed by atoms with Crippen molar-refractivity contribution >= 4 is 0 Å². The molecule has 1 atom stereocenters. The van der Waals surface area contributed by atoms with Crippen molar-refractivity contribution in [1.82, 2.24) is 5.43 Å². The molecule has 0 spiro atoms. The second-order valence-corrected chi connectivity index (χ2v) is 7.04. The molecular weight excluding hydrogens is 260 g/mol. The van der Waals surface area contributed by atoms with Gasteiger partial charge in [0.1, 0.15) is 0 Å². The van der Waals surface area contributed by atoms with Gasteiger partial charge in [-0.25, -0.2) is 0 Å². The molecule has 21 heavy (non-hydrogen) atoms. The lowest BCUT2D eigenvalue weighted by Crippen LogP contribution is -2.37. The molecule has 0 radical (unpaired) electrons. The standard InChI is InChI=1S/C18H32N2O/c1-13-10-15(18(3,4)5)11-14(2)17(13)12-16(20-19)8-7-9-21-6/h10-11,16,20H,7-9,12,19H2,1-6H3. The van der Waals surface area contributed by atoms with Crippen LogP contribution in [0.3, 0.4) is 0 Å². The van der Waals surface area contributed by atoms with E-state index in [0.717, 1.165) is 25.9 Å². The molecule has 0 aliphatic rings. The summed E-state index contributed by atoms with van der Waals surface area (Å²) in [5, 5.41) is 0. The van der Waals surface area contributed by atoms with Gasteiger partial charge in [-0.05, 0) is 60.8 Å². The van der Waals surface area contributed by atoms with Gasteiger partial charge in [0.25, 0.3) is 0 Å². The van der Waals surface area contributed by atoms with Crippen LogP contribution >= 0.6 is 0 Å². The van der Waals surface area contributed by atoms with E-state index in [9.17, 15) is 0 Å². The van der Waals surface area contributed by atoms with Crippen molar-refractivity contribution in [2.45, 2.75) is 65.3 Å². The van der Waals surface area contributed by atoms with Gasteiger partial charge in [0.15, 0.2) is 0 Å². The van der Waals surface area contributed by atoms with Crippen LogP contribution < -0.4 is 11.3 Å². The Morgan fingerprint density at radius 1 is 1.19 bits per heavy atom. The molecule has 3 nitrogen and oxygen atoms in total. The summed E-state index contributed by atoms with van der Waals surface area (Å²) >= 11 is 0. The van der Waals surface area contributed by atoms with Crippen LogP contribution in [0.1, 0.15) is 55.9 Å². The van der Waals surface area contributed by atoms with E-state index < -0.39 is 0 Å². The van der Waals surface area contributed by atoms with E-state index in [4.69, 9.17) is 10.6 Å². The summed E-state index contributed by atoms with van der Waals surface area (Å²) in [6.07, 6.45) is 3.04. The summed E-state index contributed by atoms with van der Waals surface area (Å²) in [5.41, 5.74) is 8.70. The number of hydrogen-bond donors (Lipinski definition) is 2. The fraction of sp³-hybridized carbons (Fsp3) is 0.667. The monoisotopic (exact) mass is 292 g/mol. The molecule has 3 heteroatoms. The van der Waals surface area contributed by atoms with E-state index in [1.54, 1.807) is 7.11 Å². The fourth-order valence-electron chi connectivity index (χ4n) is 2.71. The first kappa shape index (κ1) is 18.1. The second kappa shape index (κ2) is 7.92. The first-order chi connectivity index (χ1) is 9.79. The van der Waals surface area contributed by atoms with Crippen LogP contribution in [0.25, 0.3) is 0 Å². The van der Waals surface area contributed by atoms with Crippen LogP contribution in [0.2, 0.25) is 0 Å². The third kappa shape index (κ3) is 5.42. The van der Waals surface area contributed by atoms with E-state index in [2.05, 4.69) is 52.2 Å². The molecular formula is C18H32N2O. The summed E-state index contributed by atoms with van der Waals surface area (Å²) in [4.78, 5) is 0. The molecule has 1 unspecified atom stereocenters. The highest BCUT2D eigenvalue weighted by Gasteiger charge is 2.17. The second-order valence-electron chi connectivity index (χ2n) is 7.04. The minimum atomic E-state index is 0.192. The Balaban J connectivity index is 2.87. The third-order valence-corrected chi connectivity index (χ3v) is 4.15. The van der Waals surface area contributed by atoms with Gasteiger partial charge in [0.05, 0.1) is 0 Å². The Kier molecular flexibility index (Phi) is 6.85. The predicted molar refractivity (Wildman–Crippen MR) is 90.5 cm³/mol. The molecule has 0 saturated carbocycles. The molecule has 0 amide bonds. The Morgan fingerprint density at radius 3 is 2.19 bits per heavy atom. The number of methoxy groups -OCH3 is 1. The van der Waals surface area contributed by atoms with Gasteiger partial charge in [0.2, 0.25) is 0 Å². The van der Waals surface area contributed by atoms with Crippen LogP contribution in [-0.2, 0) is 16.6 Å². The summed E-state index contributed by atoms with van der Waals surface area (Å²) in [5.74, 6) is 5.71. The van der Waals surface area contributed by atoms with E-state index in [1.807, 2.05) is 0 Å². The molecule has 0 aliphatic heterocycles. The van der Waals surface area contributed by atoms with E-state index in [-0.39, 0.29) is 5.41 Å². The predicted octanol–water partition coefficient (Wildman–Crippen LogP) is 3.40. The van der Waals surface area contributed by atoms with Crippen molar-refractivity contribution in [3.05, 3.63) is 34.4 Å². The zero-order chi connectivity index (χ0) is 16.0. The zero-order valence-corrected chi connectivity index (χ0v) is 14.5. The highest BCUT2D eigenvalue weighted by atomic mass is 16.5. The number of rotatable bonds is 7. The number of nitrogens with one attached hydrogen (secondary N) is 1. The Hall–Kier alpha value is -0.900. The van der Waals surface area contributed by atoms with Crippen LogP contribution in [-0.4, -0.2) is 19.8 Å². The molecule has 120 valence electrons. The minimum absolute atomic E-state index is 0.192. The van der Waals surface area contributed by atoms with Crippen molar-refractivity contribution in [2.24, 2.45) is 5.84 Å². The minimum Gasteiger partial charge on any atom is -0.385 e. The van der Waals surface area contributed by atoms with Crippen molar-refractivity contribution in [1.29, 1.82) is 0 Å². The molecule has 0 bridgehead atoms. The summed E-state index contributed by atoms with van der Waals surface area (Å²) in [6.45, 7) is 12.0. The molecule has 0 aliphatic carbocycles. The van der Waals surface area contributed by atoms with Crippen LogP contribution in [0.4, 0.5) is 0 Å². The quantitative estimate of drug-likeness (QED) is 0.460. The largest absolute Gasteiger partial charge is 0.385 e. The van der Waals surface area contributed by atoms with Crippen molar-refractivity contribution < 1.29 is 4.74 Å². The lowest BCUT2D eigenvalue weighted by atomic mass is 9.82. The van der Waals surface area contributed by atoms with E-state index >= 15 is 0 Å². The summed E-state index contributed by atoms with van der Waals surface area (Å²) in [7, 11) is 1.74. The maximum atomic E-state index is 5.71. The molecule has 3 N–H and O–H groups in total. The fourth-order valence-corrected chi connectivity index (χ4v) is 2.71. The van der Waals surface area contributed by atoms with Crippen molar-refractivity contribution in [3.8, 4) is 0 Å². The topological polar surface area (TPSA) is 47.3 Å². The SMILES string of the molecule is COCCCC(Cc1c(C)cc(C(C)(C)C)cc1C)NN. The van der Waals surface area contributed by atoms with Crippen LogP contribution in [0, 0.1) is 13.8 Å². The normalized spacial score (nSPS) is 13.5. The molecule has 0 fully saturated rings. The highest BCUT2D eigenvalue weighted by molar-refractivity contribution is 5.40. The molecule has 0 saturated heterocycles. The first-order valence-electron chi connectivity index (χ1n) is 7.85. The smallest absolute Gasteiger partial charge is 0.0462 e. The number of nitrogens with two attached hydrogens (primary N) is 1. The van der Waals surface area contributed by atoms with Gasteiger partial charge >= 0.3 is 0 Å². The molecule has 0 heterocycles. The Morgan fingerprint density at radius 2 is 1.76 bits per heavy atom. The van der Waals surface area contributed by atoms with Gasteiger partial charge < -0.3 is 4.74 Å². The zero-order valence-electron chi connectivity index (χ0n) is 14.5. The summed E-state index contributed by atoms with van der Waals surface area (Å²) in [6, 6.07) is 4.95. The van der Waals surface area contributed by atoms with E-state index in [1.165, 1.54) is 22.3 Å². The number of hydrogen-bond acceptors (Lipinski definition) is 3. The molecule has 0 aromatic heterocycles. The number of benzene rings is 1. The van der Waals surface area contributed by atoms with Gasteiger partial charge in [-0.15, -0.1) is 0 Å². The van der Waals surface area contributed by atoms with Gasteiger partial charge in [-0.1, -0.05) is 32.9 Å². The number of hydrazine groups is 1. The van der Waals surface area contributed by atoms with Crippen LogP contribution in [0.5, 0.6) is 0 Å². The highest BCUT2D eigenvalue weighted by Crippen LogP contribution is 2.27. The van der Waals surface area contributed by atoms with Gasteiger partial charge in [-0.2, -0.15) is 0 Å². The number of aryl methyl sites for hydroxylation is 2.